The van der Waals surface area contributed by atoms with Crippen LogP contribution in [0.15, 0.2) is 6.33 Å². The molecule has 0 atom stereocenters. The Balaban J connectivity index is 1.88. The highest BCUT2D eigenvalue weighted by Crippen LogP contribution is 1.88. The molecule has 0 aliphatic carbocycles. The summed E-state index contributed by atoms with van der Waals surface area (Å²) >= 11 is 0. The Labute approximate surface area is 97.2 Å². The molecule has 0 radical (unpaired) electrons. The Morgan fingerprint density at radius 1 is 1.38 bits per heavy atom. The van der Waals surface area contributed by atoms with Gasteiger partial charge in [-0.3, -0.25) is 4.68 Å². The fourth-order valence-corrected chi connectivity index (χ4v) is 1.32. The summed E-state index contributed by atoms with van der Waals surface area (Å²) in [5, 5.41) is 7.51. The van der Waals surface area contributed by atoms with Crippen LogP contribution in [-0.4, -0.2) is 41.1 Å². The van der Waals surface area contributed by atoms with Gasteiger partial charge in [0, 0.05) is 33.2 Å². The molecule has 92 valence electrons. The van der Waals surface area contributed by atoms with Gasteiger partial charge in [-0.25, -0.2) is 4.98 Å². The molecular formula is C11H22N4O. The van der Waals surface area contributed by atoms with Gasteiger partial charge in [-0.2, -0.15) is 5.10 Å². The molecule has 0 fully saturated rings. The summed E-state index contributed by atoms with van der Waals surface area (Å²) in [6.07, 6.45) is 4.94. The summed E-state index contributed by atoms with van der Waals surface area (Å²) in [4.78, 5) is 4.15. The van der Waals surface area contributed by atoms with Crippen molar-refractivity contribution in [2.45, 2.75) is 26.2 Å². The molecule has 0 unspecified atom stereocenters. The molecule has 1 N–H and O–H groups in total. The first kappa shape index (κ1) is 13.1. The van der Waals surface area contributed by atoms with Crippen molar-refractivity contribution in [3.63, 3.8) is 0 Å². The van der Waals surface area contributed by atoms with E-state index in [1.165, 1.54) is 6.42 Å². The average Bonchev–Trinajstić information content (AvgIpc) is 2.68. The maximum atomic E-state index is 5.43. The van der Waals surface area contributed by atoms with Crippen LogP contribution in [0.3, 0.4) is 0 Å². The van der Waals surface area contributed by atoms with Gasteiger partial charge < -0.3 is 10.1 Å². The lowest BCUT2D eigenvalue weighted by Crippen LogP contribution is -2.22. The van der Waals surface area contributed by atoms with Gasteiger partial charge in [0.25, 0.3) is 0 Å². The quantitative estimate of drug-likeness (QED) is 0.632. The Morgan fingerprint density at radius 2 is 2.25 bits per heavy atom. The van der Waals surface area contributed by atoms with Gasteiger partial charge in [-0.05, 0) is 6.42 Å². The number of hydrogen-bond donors (Lipinski definition) is 1. The van der Waals surface area contributed by atoms with Crippen molar-refractivity contribution >= 4 is 0 Å². The highest BCUT2D eigenvalue weighted by molar-refractivity contribution is 4.81. The molecule has 0 spiro atoms. The molecule has 5 heteroatoms. The zero-order valence-electron chi connectivity index (χ0n) is 10.3. The molecule has 0 amide bonds. The largest absolute Gasteiger partial charge is 0.380 e. The van der Waals surface area contributed by atoms with E-state index in [2.05, 4.69) is 22.3 Å². The van der Waals surface area contributed by atoms with Crippen LogP contribution >= 0.6 is 0 Å². The summed E-state index contributed by atoms with van der Waals surface area (Å²) in [6, 6.07) is 0. The number of nitrogens with one attached hydrogen (secondary N) is 1. The minimum atomic E-state index is 0.787. The van der Waals surface area contributed by atoms with Crippen LogP contribution in [0.1, 0.15) is 25.6 Å². The Kier molecular flexibility index (Phi) is 6.76. The summed E-state index contributed by atoms with van der Waals surface area (Å²) < 4.78 is 7.16. The zero-order chi connectivity index (χ0) is 11.6. The first-order valence-electron chi connectivity index (χ1n) is 5.96. The van der Waals surface area contributed by atoms with Crippen molar-refractivity contribution in [2.24, 2.45) is 7.05 Å². The normalized spacial score (nSPS) is 10.9. The lowest BCUT2D eigenvalue weighted by Gasteiger charge is -2.04. The van der Waals surface area contributed by atoms with Gasteiger partial charge in [-0.15, -0.1) is 0 Å². The van der Waals surface area contributed by atoms with E-state index < -0.39 is 0 Å². The Bertz CT molecular complexity index is 275. The average molecular weight is 226 g/mol. The van der Waals surface area contributed by atoms with E-state index in [9.17, 15) is 0 Å². The number of unbranched alkanes of at least 4 members (excludes halogenated alkanes) is 1. The maximum Gasteiger partial charge on any atom is 0.151 e. The van der Waals surface area contributed by atoms with Crippen molar-refractivity contribution in [2.75, 3.05) is 26.3 Å². The highest BCUT2D eigenvalue weighted by atomic mass is 16.5. The van der Waals surface area contributed by atoms with Crippen molar-refractivity contribution < 1.29 is 4.74 Å². The smallest absolute Gasteiger partial charge is 0.151 e. The predicted molar refractivity (Wildman–Crippen MR) is 63.3 cm³/mol. The second-order valence-corrected chi connectivity index (χ2v) is 3.80. The third kappa shape index (κ3) is 5.82. The molecule has 1 heterocycles. The SMILES string of the molecule is CCCCOCCNCCc1ncn(C)n1. The lowest BCUT2D eigenvalue weighted by molar-refractivity contribution is 0.133. The van der Waals surface area contributed by atoms with E-state index in [-0.39, 0.29) is 0 Å². The highest BCUT2D eigenvalue weighted by Gasteiger charge is 1.97. The zero-order valence-corrected chi connectivity index (χ0v) is 10.3. The van der Waals surface area contributed by atoms with Gasteiger partial charge in [0.15, 0.2) is 5.82 Å². The monoisotopic (exact) mass is 226 g/mol. The molecule has 0 saturated carbocycles. The number of rotatable bonds is 9. The van der Waals surface area contributed by atoms with Crippen molar-refractivity contribution in [1.29, 1.82) is 0 Å². The summed E-state index contributed by atoms with van der Waals surface area (Å²) in [6.45, 7) is 5.63. The van der Waals surface area contributed by atoms with Gasteiger partial charge in [0.2, 0.25) is 0 Å². The number of hydrogen-bond acceptors (Lipinski definition) is 4. The van der Waals surface area contributed by atoms with Crippen LogP contribution < -0.4 is 5.32 Å². The third-order valence-corrected chi connectivity index (χ3v) is 2.24. The fourth-order valence-electron chi connectivity index (χ4n) is 1.32. The molecule has 5 nitrogen and oxygen atoms in total. The van der Waals surface area contributed by atoms with E-state index in [0.717, 1.165) is 45.0 Å². The standard InChI is InChI=1S/C11H22N4O/c1-3-4-8-16-9-7-12-6-5-11-13-10-15(2)14-11/h10,12H,3-9H2,1-2H3. The minimum Gasteiger partial charge on any atom is -0.380 e. The van der Waals surface area contributed by atoms with Crippen LogP contribution in [0.25, 0.3) is 0 Å². The van der Waals surface area contributed by atoms with Crippen LogP contribution in [0.4, 0.5) is 0 Å². The van der Waals surface area contributed by atoms with E-state index in [4.69, 9.17) is 4.74 Å². The molecule has 1 aromatic rings. The van der Waals surface area contributed by atoms with Crippen molar-refractivity contribution in [3.8, 4) is 0 Å². The lowest BCUT2D eigenvalue weighted by atomic mass is 10.4. The molecule has 0 aliphatic rings. The molecule has 0 saturated heterocycles. The summed E-state index contributed by atoms with van der Waals surface area (Å²) in [5.41, 5.74) is 0. The van der Waals surface area contributed by atoms with E-state index in [1.807, 2.05) is 7.05 Å². The molecule has 0 aliphatic heterocycles. The van der Waals surface area contributed by atoms with E-state index in [0.29, 0.717) is 0 Å². The molecule has 16 heavy (non-hydrogen) atoms. The number of aromatic nitrogens is 3. The van der Waals surface area contributed by atoms with Crippen LogP contribution in [0, 0.1) is 0 Å². The van der Waals surface area contributed by atoms with Crippen LogP contribution in [-0.2, 0) is 18.2 Å². The van der Waals surface area contributed by atoms with E-state index >= 15 is 0 Å². The molecule has 1 aromatic heterocycles. The molecular weight excluding hydrogens is 204 g/mol. The van der Waals surface area contributed by atoms with Gasteiger partial charge in [-0.1, -0.05) is 13.3 Å². The minimum absolute atomic E-state index is 0.787. The van der Waals surface area contributed by atoms with Crippen LogP contribution in [0.2, 0.25) is 0 Å². The predicted octanol–water partition coefficient (Wildman–Crippen LogP) is 0.764. The van der Waals surface area contributed by atoms with Gasteiger partial charge in [0.05, 0.1) is 6.61 Å². The Morgan fingerprint density at radius 3 is 2.94 bits per heavy atom. The molecule has 1 rings (SSSR count). The fraction of sp³-hybridized carbons (Fsp3) is 0.818. The summed E-state index contributed by atoms with van der Waals surface area (Å²) in [7, 11) is 1.88. The topological polar surface area (TPSA) is 52.0 Å². The number of ether oxygens (including phenoxy) is 1. The molecule has 0 bridgehead atoms. The maximum absolute atomic E-state index is 5.43. The Hall–Kier alpha value is -0.940. The first-order chi connectivity index (χ1) is 7.83. The number of aryl methyl sites for hydroxylation is 1. The number of nitrogens with zero attached hydrogens (tertiary/aromatic N) is 3. The van der Waals surface area contributed by atoms with E-state index in [1.54, 1.807) is 11.0 Å². The van der Waals surface area contributed by atoms with Crippen molar-refractivity contribution in [1.82, 2.24) is 20.1 Å². The summed E-state index contributed by atoms with van der Waals surface area (Å²) in [5.74, 6) is 0.891. The third-order valence-electron chi connectivity index (χ3n) is 2.24. The van der Waals surface area contributed by atoms with Gasteiger partial charge >= 0.3 is 0 Å². The molecule has 0 aromatic carbocycles. The van der Waals surface area contributed by atoms with Crippen LogP contribution in [0.5, 0.6) is 0 Å². The first-order valence-corrected chi connectivity index (χ1v) is 5.96. The van der Waals surface area contributed by atoms with Gasteiger partial charge in [0.1, 0.15) is 6.33 Å². The van der Waals surface area contributed by atoms with Crippen molar-refractivity contribution in [3.05, 3.63) is 12.2 Å². The second kappa shape index (κ2) is 8.24. The second-order valence-electron chi connectivity index (χ2n) is 3.80.